The van der Waals surface area contributed by atoms with Gasteiger partial charge >= 0.3 is 5.97 Å². The van der Waals surface area contributed by atoms with Gasteiger partial charge in [-0.25, -0.2) is 4.79 Å². The van der Waals surface area contributed by atoms with Gasteiger partial charge < -0.3 is 15.0 Å². The van der Waals surface area contributed by atoms with E-state index in [9.17, 15) is 19.7 Å². The highest BCUT2D eigenvalue weighted by Crippen LogP contribution is 2.27. The van der Waals surface area contributed by atoms with Crippen LogP contribution in [0.5, 0.6) is 0 Å². The van der Waals surface area contributed by atoms with Crippen LogP contribution >= 0.6 is 0 Å². The van der Waals surface area contributed by atoms with E-state index in [1.54, 1.807) is 12.1 Å². The third kappa shape index (κ3) is 5.22. The highest BCUT2D eigenvalue weighted by molar-refractivity contribution is 5.87. The minimum atomic E-state index is -0.536. The molecule has 0 unspecified atom stereocenters. The molecule has 1 N–H and O–H groups in total. The van der Waals surface area contributed by atoms with Crippen LogP contribution in [0.2, 0.25) is 0 Å². The first-order valence-electron chi connectivity index (χ1n) is 9.61. The summed E-state index contributed by atoms with van der Waals surface area (Å²) in [6.07, 6.45) is 3.59. The van der Waals surface area contributed by atoms with Gasteiger partial charge in [0.05, 0.1) is 12.0 Å². The molecule has 0 fully saturated rings. The summed E-state index contributed by atoms with van der Waals surface area (Å²) >= 11 is 0. The number of esters is 1. The molecule has 1 heterocycles. The number of carbonyl (C=O) groups is 2. The number of ether oxygens (including phenoxy) is 1. The maximum Gasteiger partial charge on any atom is 0.330 e. The lowest BCUT2D eigenvalue weighted by Crippen LogP contribution is -2.25. The highest BCUT2D eigenvalue weighted by atomic mass is 16.6. The van der Waals surface area contributed by atoms with Gasteiger partial charge in [-0.15, -0.1) is 0 Å². The van der Waals surface area contributed by atoms with Gasteiger partial charge in [-0.1, -0.05) is 30.3 Å². The van der Waals surface area contributed by atoms with Crippen LogP contribution in [-0.2, 0) is 27.4 Å². The van der Waals surface area contributed by atoms with Crippen LogP contribution in [-0.4, -0.2) is 35.4 Å². The van der Waals surface area contributed by atoms with Crippen molar-refractivity contribution in [1.29, 1.82) is 0 Å². The molecule has 0 spiro atoms. The zero-order chi connectivity index (χ0) is 21.5. The molecule has 8 heteroatoms. The first kappa shape index (κ1) is 21.0. The molecule has 1 aliphatic heterocycles. The Hall–Kier alpha value is -3.68. The molecule has 2 aromatic carbocycles. The number of methoxy groups -OCH3 is 1. The van der Waals surface area contributed by atoms with Crippen molar-refractivity contribution >= 4 is 29.3 Å². The Morgan fingerprint density at radius 3 is 2.53 bits per heavy atom. The second-order valence-electron chi connectivity index (χ2n) is 6.94. The molecule has 0 atom stereocenters. The average molecular weight is 409 g/mol. The van der Waals surface area contributed by atoms with Crippen LogP contribution in [0.4, 0.5) is 11.4 Å². The number of carbonyl (C=O) groups excluding carboxylic acids is 2. The molecular formula is C22H23N3O5. The molecule has 156 valence electrons. The molecule has 0 saturated carbocycles. The Morgan fingerprint density at radius 2 is 1.90 bits per heavy atom. The fourth-order valence-corrected chi connectivity index (χ4v) is 3.32. The van der Waals surface area contributed by atoms with Crippen LogP contribution in [0.1, 0.15) is 29.5 Å². The van der Waals surface area contributed by atoms with E-state index in [0.717, 1.165) is 0 Å². The average Bonchev–Trinajstić information content (AvgIpc) is 3.19. The van der Waals surface area contributed by atoms with Crippen LogP contribution in [0.3, 0.4) is 0 Å². The van der Waals surface area contributed by atoms with Crippen LogP contribution < -0.4 is 5.32 Å². The summed E-state index contributed by atoms with van der Waals surface area (Å²) in [5.41, 5.74) is 3.16. The fraction of sp³-hybridized carbons (Fsp3) is 0.273. The number of nitrogens with one attached hydrogen (secondary N) is 1. The maximum atomic E-state index is 12.4. The molecule has 1 amide bonds. The monoisotopic (exact) mass is 409 g/mol. The molecule has 0 radical (unpaired) electrons. The number of nitrogens with zero attached hydrogens (tertiary/aromatic N) is 2. The Balaban J connectivity index is 1.52. The summed E-state index contributed by atoms with van der Waals surface area (Å²) in [4.78, 5) is 36.3. The van der Waals surface area contributed by atoms with E-state index in [1.165, 1.54) is 36.5 Å². The Labute approximate surface area is 174 Å². The van der Waals surface area contributed by atoms with Crippen molar-refractivity contribution in [2.75, 3.05) is 19.0 Å². The van der Waals surface area contributed by atoms with Gasteiger partial charge in [-0.2, -0.15) is 0 Å². The van der Waals surface area contributed by atoms with Crippen molar-refractivity contribution in [3.8, 4) is 0 Å². The van der Waals surface area contributed by atoms with Crippen molar-refractivity contribution in [3.05, 3.63) is 75.3 Å². The minimum absolute atomic E-state index is 0.0748. The third-order valence-electron chi connectivity index (χ3n) is 4.91. The molecule has 30 heavy (non-hydrogen) atoms. The van der Waals surface area contributed by atoms with Crippen molar-refractivity contribution < 1.29 is 19.2 Å². The second-order valence-corrected chi connectivity index (χ2v) is 6.94. The van der Waals surface area contributed by atoms with Crippen LogP contribution in [0, 0.1) is 10.1 Å². The minimum Gasteiger partial charge on any atom is -0.466 e. The maximum absolute atomic E-state index is 12.4. The van der Waals surface area contributed by atoms with Gasteiger partial charge in [0.2, 0.25) is 5.91 Å². The standard InChI is InChI=1S/C22H23N3O5/c1-30-22(27)11-9-16-8-10-19(20(13-16)25(28)29)23-12-4-7-21(26)24-14-17-5-2-3-6-18(17)15-24/h2-3,5-6,8-11,13,23H,4,7,12,14-15H2,1H3/b11-9+. The van der Waals surface area contributed by atoms with E-state index < -0.39 is 10.9 Å². The van der Waals surface area contributed by atoms with E-state index in [1.807, 2.05) is 29.2 Å². The summed E-state index contributed by atoms with van der Waals surface area (Å²) < 4.78 is 4.51. The quantitative estimate of drug-likeness (QED) is 0.235. The van der Waals surface area contributed by atoms with E-state index in [2.05, 4.69) is 10.1 Å². The second kappa shape index (κ2) is 9.69. The van der Waals surface area contributed by atoms with Crippen molar-refractivity contribution in [3.63, 3.8) is 0 Å². The number of amides is 1. The summed E-state index contributed by atoms with van der Waals surface area (Å²) in [5.74, 6) is -0.462. The van der Waals surface area contributed by atoms with E-state index in [4.69, 9.17) is 0 Å². The Bertz CT molecular complexity index is 961. The molecule has 0 aromatic heterocycles. The van der Waals surface area contributed by atoms with Gasteiger partial charge in [0.1, 0.15) is 5.69 Å². The zero-order valence-electron chi connectivity index (χ0n) is 16.7. The molecule has 2 aromatic rings. The molecule has 0 saturated heterocycles. The number of hydrogen-bond donors (Lipinski definition) is 1. The Morgan fingerprint density at radius 1 is 1.20 bits per heavy atom. The molecule has 1 aliphatic rings. The predicted octanol–water partition coefficient (Wildman–Crippen LogP) is 3.52. The SMILES string of the molecule is COC(=O)/C=C/c1ccc(NCCCC(=O)N2Cc3ccccc3C2)c([N+](=O)[O-])c1. The van der Waals surface area contributed by atoms with Gasteiger partial charge in [0.15, 0.2) is 0 Å². The van der Waals surface area contributed by atoms with Crippen LogP contribution in [0.15, 0.2) is 48.5 Å². The van der Waals surface area contributed by atoms with E-state index >= 15 is 0 Å². The topological polar surface area (TPSA) is 102 Å². The molecule has 0 aliphatic carbocycles. The van der Waals surface area contributed by atoms with Gasteiger partial charge in [-0.05, 0) is 35.3 Å². The van der Waals surface area contributed by atoms with E-state index in [0.29, 0.717) is 43.7 Å². The summed E-state index contributed by atoms with van der Waals surface area (Å²) in [7, 11) is 1.26. The molecular weight excluding hydrogens is 386 g/mol. The van der Waals surface area contributed by atoms with Crippen LogP contribution in [0.25, 0.3) is 6.08 Å². The summed E-state index contributed by atoms with van der Waals surface area (Å²) in [5, 5.41) is 14.4. The number of benzene rings is 2. The summed E-state index contributed by atoms with van der Waals surface area (Å²) in [6.45, 7) is 1.70. The van der Waals surface area contributed by atoms with Gasteiger partial charge in [0, 0.05) is 38.2 Å². The van der Waals surface area contributed by atoms with Crippen molar-refractivity contribution in [2.24, 2.45) is 0 Å². The normalized spacial score (nSPS) is 12.6. The number of rotatable bonds is 8. The van der Waals surface area contributed by atoms with Gasteiger partial charge in [-0.3, -0.25) is 14.9 Å². The first-order chi connectivity index (χ1) is 14.5. The van der Waals surface area contributed by atoms with Gasteiger partial charge in [0.25, 0.3) is 5.69 Å². The lowest BCUT2D eigenvalue weighted by atomic mass is 10.1. The zero-order valence-corrected chi connectivity index (χ0v) is 16.7. The molecule has 3 rings (SSSR count). The summed E-state index contributed by atoms with van der Waals surface area (Å²) in [6, 6.07) is 12.7. The molecule has 0 bridgehead atoms. The van der Waals surface area contributed by atoms with Crippen molar-refractivity contribution in [2.45, 2.75) is 25.9 Å². The number of hydrogen-bond acceptors (Lipinski definition) is 6. The third-order valence-corrected chi connectivity index (χ3v) is 4.91. The number of fused-ring (bicyclic) bond motifs is 1. The number of anilines is 1. The molecule has 8 nitrogen and oxygen atoms in total. The largest absolute Gasteiger partial charge is 0.466 e. The Kier molecular flexibility index (Phi) is 6.79. The highest BCUT2D eigenvalue weighted by Gasteiger charge is 2.22. The first-order valence-corrected chi connectivity index (χ1v) is 9.61. The lowest BCUT2D eigenvalue weighted by molar-refractivity contribution is -0.384. The number of nitro groups is 1. The number of nitro benzene ring substituents is 1. The van der Waals surface area contributed by atoms with Crippen molar-refractivity contribution in [1.82, 2.24) is 4.90 Å². The van der Waals surface area contributed by atoms with E-state index in [-0.39, 0.29) is 11.6 Å². The smallest absolute Gasteiger partial charge is 0.330 e. The predicted molar refractivity (Wildman–Crippen MR) is 113 cm³/mol. The fourth-order valence-electron chi connectivity index (χ4n) is 3.32. The lowest BCUT2D eigenvalue weighted by Gasteiger charge is -2.15.